The van der Waals surface area contributed by atoms with Gasteiger partial charge in [0.2, 0.25) is 0 Å². The molecule has 0 amide bonds. The van der Waals surface area contributed by atoms with E-state index in [1.54, 1.807) is 0 Å². The summed E-state index contributed by atoms with van der Waals surface area (Å²) in [6.07, 6.45) is 1.09. The van der Waals surface area contributed by atoms with E-state index in [1.165, 1.54) is 5.56 Å². The molecule has 0 spiro atoms. The average Bonchev–Trinajstić information content (AvgIpc) is 2.91. The Morgan fingerprint density at radius 1 is 1.11 bits per heavy atom. The first-order chi connectivity index (χ1) is 8.75. The lowest BCUT2D eigenvalue weighted by molar-refractivity contribution is 0.171. The van der Waals surface area contributed by atoms with Gasteiger partial charge >= 0.3 is 0 Å². The Kier molecular flexibility index (Phi) is 3.82. The maximum atomic E-state index is 5.63. The minimum atomic E-state index is 0.283. The molecule has 0 saturated carbocycles. The zero-order valence-corrected chi connectivity index (χ0v) is 13.0. The van der Waals surface area contributed by atoms with Crippen LogP contribution in [-0.4, -0.2) is 26.4 Å². The van der Waals surface area contributed by atoms with Crippen molar-refractivity contribution in [3.05, 3.63) is 22.2 Å². The number of halogens is 2. The lowest BCUT2D eigenvalue weighted by Crippen LogP contribution is -2.16. The Bertz CT molecular complexity index is 444. The predicted molar refractivity (Wildman–Crippen MR) is 75.7 cm³/mol. The molecule has 2 unspecified atom stereocenters. The molecule has 0 N–H and O–H groups in total. The average molecular weight is 378 g/mol. The summed E-state index contributed by atoms with van der Waals surface area (Å²) >= 11 is 7.40. The summed E-state index contributed by atoms with van der Waals surface area (Å²) < 4.78 is 17.7. The molecule has 2 heterocycles. The standard InChI is InChI=1S/C13H14Br2O3/c14-10-6-12-11(17-3-4-18-12)5-9(10)13(15)8-1-2-16-7-8/h5-6,8,13H,1-4,7H2. The maximum absolute atomic E-state index is 5.63. The smallest absolute Gasteiger partial charge is 0.162 e. The van der Waals surface area contributed by atoms with E-state index < -0.39 is 0 Å². The van der Waals surface area contributed by atoms with Gasteiger partial charge < -0.3 is 14.2 Å². The molecular formula is C13H14Br2O3. The molecule has 0 bridgehead atoms. The van der Waals surface area contributed by atoms with Crippen molar-refractivity contribution in [2.75, 3.05) is 26.4 Å². The first-order valence-corrected chi connectivity index (χ1v) is 7.77. The second kappa shape index (κ2) is 5.39. The van der Waals surface area contributed by atoms with Crippen LogP contribution in [0.2, 0.25) is 0 Å². The van der Waals surface area contributed by atoms with Crippen molar-refractivity contribution in [1.29, 1.82) is 0 Å². The summed E-state index contributed by atoms with van der Waals surface area (Å²) in [5.41, 5.74) is 1.20. The molecule has 0 aliphatic carbocycles. The fourth-order valence-corrected chi connectivity index (χ4v) is 4.00. The van der Waals surface area contributed by atoms with Crippen LogP contribution in [0.15, 0.2) is 16.6 Å². The summed E-state index contributed by atoms with van der Waals surface area (Å²) in [5, 5.41) is 0. The van der Waals surface area contributed by atoms with E-state index in [0.717, 1.165) is 35.6 Å². The molecule has 2 aliphatic heterocycles. The van der Waals surface area contributed by atoms with Gasteiger partial charge in [0.15, 0.2) is 11.5 Å². The van der Waals surface area contributed by atoms with Gasteiger partial charge in [0, 0.05) is 21.8 Å². The number of rotatable bonds is 2. The maximum Gasteiger partial charge on any atom is 0.162 e. The van der Waals surface area contributed by atoms with Gasteiger partial charge in [-0.3, -0.25) is 0 Å². The summed E-state index contributed by atoms with van der Waals surface area (Å²) in [5.74, 6) is 2.17. The Hall–Kier alpha value is -0.260. The highest BCUT2D eigenvalue weighted by Crippen LogP contribution is 2.44. The number of benzene rings is 1. The Labute approximate surface area is 123 Å². The number of hydrogen-bond donors (Lipinski definition) is 0. The van der Waals surface area contributed by atoms with Gasteiger partial charge in [-0.15, -0.1) is 0 Å². The fraction of sp³-hybridized carbons (Fsp3) is 0.538. The van der Waals surface area contributed by atoms with Crippen molar-refractivity contribution < 1.29 is 14.2 Å². The van der Waals surface area contributed by atoms with E-state index in [9.17, 15) is 0 Å². The molecule has 3 rings (SSSR count). The molecular weight excluding hydrogens is 364 g/mol. The largest absolute Gasteiger partial charge is 0.486 e. The van der Waals surface area contributed by atoms with Crippen molar-refractivity contribution in [3.63, 3.8) is 0 Å². The van der Waals surface area contributed by atoms with Gasteiger partial charge in [-0.2, -0.15) is 0 Å². The normalized spacial score (nSPS) is 24.0. The quantitative estimate of drug-likeness (QED) is 0.735. The first kappa shape index (κ1) is 12.8. The van der Waals surface area contributed by atoms with Crippen molar-refractivity contribution in [2.45, 2.75) is 11.2 Å². The van der Waals surface area contributed by atoms with E-state index >= 15 is 0 Å². The SMILES string of the molecule is Brc1cc2c(cc1C(Br)C1CCOC1)OCCO2. The van der Waals surface area contributed by atoms with Crippen LogP contribution in [0.1, 0.15) is 16.8 Å². The summed E-state index contributed by atoms with van der Waals surface area (Å²) in [4.78, 5) is 0.283. The third kappa shape index (κ3) is 2.40. The van der Waals surface area contributed by atoms with Gasteiger partial charge in [0.05, 0.1) is 6.61 Å². The van der Waals surface area contributed by atoms with Crippen LogP contribution in [0.4, 0.5) is 0 Å². The molecule has 3 nitrogen and oxygen atoms in total. The van der Waals surface area contributed by atoms with Crippen LogP contribution < -0.4 is 9.47 Å². The lowest BCUT2D eigenvalue weighted by Gasteiger charge is -2.23. The highest BCUT2D eigenvalue weighted by Gasteiger charge is 2.28. The second-order valence-corrected chi connectivity index (χ2v) is 6.38. The topological polar surface area (TPSA) is 27.7 Å². The van der Waals surface area contributed by atoms with Crippen molar-refractivity contribution in [2.24, 2.45) is 5.92 Å². The molecule has 2 aliphatic rings. The van der Waals surface area contributed by atoms with E-state index in [-0.39, 0.29) is 4.83 Å². The van der Waals surface area contributed by atoms with E-state index in [0.29, 0.717) is 19.1 Å². The van der Waals surface area contributed by atoms with E-state index in [1.807, 2.05) is 6.07 Å². The summed E-state index contributed by atoms with van der Waals surface area (Å²) in [6, 6.07) is 4.06. The molecule has 98 valence electrons. The van der Waals surface area contributed by atoms with Crippen LogP contribution in [0.25, 0.3) is 0 Å². The molecule has 1 aromatic rings. The van der Waals surface area contributed by atoms with Crippen LogP contribution in [-0.2, 0) is 4.74 Å². The van der Waals surface area contributed by atoms with Crippen LogP contribution in [0.3, 0.4) is 0 Å². The molecule has 1 saturated heterocycles. The van der Waals surface area contributed by atoms with Gasteiger partial charge in [0.1, 0.15) is 13.2 Å². The van der Waals surface area contributed by atoms with Gasteiger partial charge in [-0.05, 0) is 24.1 Å². The number of hydrogen-bond acceptors (Lipinski definition) is 3. The zero-order valence-electron chi connectivity index (χ0n) is 9.83. The van der Waals surface area contributed by atoms with E-state index in [2.05, 4.69) is 37.9 Å². The minimum absolute atomic E-state index is 0.283. The molecule has 0 radical (unpaired) electrons. The van der Waals surface area contributed by atoms with E-state index in [4.69, 9.17) is 14.2 Å². The summed E-state index contributed by atoms with van der Waals surface area (Å²) in [7, 11) is 0. The van der Waals surface area contributed by atoms with Gasteiger partial charge in [-0.25, -0.2) is 0 Å². The first-order valence-electron chi connectivity index (χ1n) is 6.06. The third-order valence-electron chi connectivity index (χ3n) is 3.34. The Balaban J connectivity index is 1.90. The second-order valence-electron chi connectivity index (χ2n) is 4.54. The highest BCUT2D eigenvalue weighted by atomic mass is 79.9. The molecule has 1 fully saturated rings. The zero-order chi connectivity index (χ0) is 12.5. The monoisotopic (exact) mass is 376 g/mol. The number of ether oxygens (including phenoxy) is 3. The number of alkyl halides is 1. The molecule has 2 atom stereocenters. The highest BCUT2D eigenvalue weighted by molar-refractivity contribution is 9.11. The Morgan fingerprint density at radius 2 is 1.83 bits per heavy atom. The van der Waals surface area contributed by atoms with Gasteiger partial charge in [0.25, 0.3) is 0 Å². The number of fused-ring (bicyclic) bond motifs is 1. The molecule has 5 heteroatoms. The van der Waals surface area contributed by atoms with Crippen LogP contribution in [0.5, 0.6) is 11.5 Å². The van der Waals surface area contributed by atoms with Crippen LogP contribution in [0, 0.1) is 5.92 Å². The molecule has 1 aromatic carbocycles. The molecule has 18 heavy (non-hydrogen) atoms. The van der Waals surface area contributed by atoms with Gasteiger partial charge in [-0.1, -0.05) is 31.9 Å². The van der Waals surface area contributed by atoms with Crippen molar-refractivity contribution >= 4 is 31.9 Å². The lowest BCUT2D eigenvalue weighted by atomic mass is 9.98. The predicted octanol–water partition coefficient (Wildman–Crippen LogP) is 3.69. The fourth-order valence-electron chi connectivity index (χ4n) is 2.33. The van der Waals surface area contributed by atoms with Crippen molar-refractivity contribution in [1.82, 2.24) is 0 Å². The third-order valence-corrected chi connectivity index (χ3v) is 5.27. The van der Waals surface area contributed by atoms with Crippen LogP contribution >= 0.6 is 31.9 Å². The summed E-state index contributed by atoms with van der Waals surface area (Å²) in [6.45, 7) is 2.91. The Morgan fingerprint density at radius 3 is 2.50 bits per heavy atom. The van der Waals surface area contributed by atoms with Crippen molar-refractivity contribution in [3.8, 4) is 11.5 Å². The minimum Gasteiger partial charge on any atom is -0.486 e. The molecule has 0 aromatic heterocycles.